The SMILES string of the molecule is COc1ccccc1C(=O)OCC(=O)N[C@H](C)c1ccc(Cl)c(Cl)c1. The molecule has 0 fully saturated rings. The Bertz CT molecular complexity index is 779. The second kappa shape index (κ2) is 8.74. The Morgan fingerprint density at radius 3 is 2.52 bits per heavy atom. The molecule has 2 rings (SSSR count). The van der Waals surface area contributed by atoms with Gasteiger partial charge in [-0.2, -0.15) is 0 Å². The standard InChI is InChI=1S/C18H17Cl2NO4/c1-11(12-7-8-14(19)15(20)9-12)21-17(22)10-25-18(23)13-5-3-4-6-16(13)24-2/h3-9,11H,10H2,1-2H3,(H,21,22)/t11-/m1/s1. The first-order chi connectivity index (χ1) is 11.9. The quantitative estimate of drug-likeness (QED) is 0.766. The minimum absolute atomic E-state index is 0.260. The van der Waals surface area contributed by atoms with Crippen molar-refractivity contribution in [3.05, 3.63) is 63.6 Å². The number of amides is 1. The molecule has 1 N–H and O–H groups in total. The van der Waals surface area contributed by atoms with E-state index in [0.29, 0.717) is 15.8 Å². The first-order valence-electron chi connectivity index (χ1n) is 7.47. The van der Waals surface area contributed by atoms with Crippen LogP contribution in [0.5, 0.6) is 5.75 Å². The van der Waals surface area contributed by atoms with Crippen molar-refractivity contribution in [2.45, 2.75) is 13.0 Å². The topological polar surface area (TPSA) is 64.6 Å². The van der Waals surface area contributed by atoms with E-state index >= 15 is 0 Å². The number of ether oxygens (including phenoxy) is 2. The Kier molecular flexibility index (Phi) is 6.67. The van der Waals surface area contributed by atoms with Crippen LogP contribution in [-0.4, -0.2) is 25.6 Å². The molecule has 0 aliphatic rings. The lowest BCUT2D eigenvalue weighted by atomic mass is 10.1. The van der Waals surface area contributed by atoms with Crippen LogP contribution in [-0.2, 0) is 9.53 Å². The predicted molar refractivity (Wildman–Crippen MR) is 96.3 cm³/mol. The van der Waals surface area contributed by atoms with Crippen molar-refractivity contribution in [3.8, 4) is 5.75 Å². The van der Waals surface area contributed by atoms with Gasteiger partial charge in [-0.25, -0.2) is 4.79 Å². The van der Waals surface area contributed by atoms with Crippen LogP contribution in [0.25, 0.3) is 0 Å². The Morgan fingerprint density at radius 2 is 1.84 bits per heavy atom. The highest BCUT2D eigenvalue weighted by Crippen LogP contribution is 2.25. The third-order valence-electron chi connectivity index (χ3n) is 3.48. The fourth-order valence-electron chi connectivity index (χ4n) is 2.17. The summed E-state index contributed by atoms with van der Waals surface area (Å²) < 4.78 is 10.1. The van der Waals surface area contributed by atoms with E-state index < -0.39 is 18.5 Å². The summed E-state index contributed by atoms with van der Waals surface area (Å²) in [6.45, 7) is 1.39. The minimum Gasteiger partial charge on any atom is -0.496 e. The number of hydrogen-bond acceptors (Lipinski definition) is 4. The molecule has 0 unspecified atom stereocenters. The van der Waals surface area contributed by atoms with Crippen LogP contribution in [0.2, 0.25) is 10.0 Å². The third-order valence-corrected chi connectivity index (χ3v) is 4.22. The molecular weight excluding hydrogens is 365 g/mol. The molecule has 0 bridgehead atoms. The number of nitrogens with one attached hydrogen (secondary N) is 1. The maximum absolute atomic E-state index is 12.1. The van der Waals surface area contributed by atoms with E-state index in [1.165, 1.54) is 7.11 Å². The number of methoxy groups -OCH3 is 1. The van der Waals surface area contributed by atoms with E-state index in [4.69, 9.17) is 32.7 Å². The summed E-state index contributed by atoms with van der Waals surface area (Å²) in [5.41, 5.74) is 1.05. The number of carbonyl (C=O) groups is 2. The lowest BCUT2D eigenvalue weighted by molar-refractivity contribution is -0.124. The second-order valence-corrected chi connectivity index (χ2v) is 6.05. The number of para-hydroxylation sites is 1. The summed E-state index contributed by atoms with van der Waals surface area (Å²) in [5, 5.41) is 3.57. The molecule has 0 spiro atoms. The average Bonchev–Trinajstić information content (AvgIpc) is 2.61. The fraction of sp³-hybridized carbons (Fsp3) is 0.222. The second-order valence-electron chi connectivity index (χ2n) is 5.24. The Hall–Kier alpha value is -2.24. The highest BCUT2D eigenvalue weighted by atomic mass is 35.5. The Morgan fingerprint density at radius 1 is 1.12 bits per heavy atom. The van der Waals surface area contributed by atoms with Crippen LogP contribution < -0.4 is 10.1 Å². The highest BCUT2D eigenvalue weighted by Gasteiger charge is 2.16. The van der Waals surface area contributed by atoms with Crippen molar-refractivity contribution >= 4 is 35.1 Å². The number of benzene rings is 2. The van der Waals surface area contributed by atoms with Crippen molar-refractivity contribution in [3.63, 3.8) is 0 Å². The summed E-state index contributed by atoms with van der Waals surface area (Å²) >= 11 is 11.8. The van der Waals surface area contributed by atoms with Gasteiger partial charge >= 0.3 is 5.97 Å². The van der Waals surface area contributed by atoms with Crippen LogP contribution in [0, 0.1) is 0 Å². The molecule has 0 heterocycles. The highest BCUT2D eigenvalue weighted by molar-refractivity contribution is 6.42. The molecule has 0 aliphatic carbocycles. The summed E-state index contributed by atoms with van der Waals surface area (Å²) in [6, 6.07) is 11.4. The molecule has 0 saturated carbocycles. The van der Waals surface area contributed by atoms with E-state index in [2.05, 4.69) is 5.32 Å². The molecule has 5 nitrogen and oxygen atoms in total. The van der Waals surface area contributed by atoms with Gasteiger partial charge in [0.2, 0.25) is 0 Å². The first kappa shape index (κ1) is 19.1. The summed E-state index contributed by atoms with van der Waals surface area (Å²) in [6.07, 6.45) is 0. The predicted octanol–water partition coefficient (Wildman–Crippen LogP) is 4.04. The smallest absolute Gasteiger partial charge is 0.342 e. The van der Waals surface area contributed by atoms with Gasteiger partial charge in [0, 0.05) is 0 Å². The minimum atomic E-state index is -0.630. The molecule has 0 radical (unpaired) electrons. The molecule has 7 heteroatoms. The molecular formula is C18H17Cl2NO4. The van der Waals surface area contributed by atoms with Crippen molar-refractivity contribution in [1.82, 2.24) is 5.32 Å². The van der Waals surface area contributed by atoms with E-state index in [0.717, 1.165) is 5.56 Å². The fourth-order valence-corrected chi connectivity index (χ4v) is 2.48. The molecule has 132 valence electrons. The first-order valence-corrected chi connectivity index (χ1v) is 8.22. The molecule has 1 amide bonds. The monoisotopic (exact) mass is 381 g/mol. The number of halogens is 2. The maximum Gasteiger partial charge on any atom is 0.342 e. The van der Waals surface area contributed by atoms with Crippen LogP contribution >= 0.6 is 23.2 Å². The Balaban J connectivity index is 1.91. The van der Waals surface area contributed by atoms with Crippen LogP contribution in [0.4, 0.5) is 0 Å². The normalized spacial score (nSPS) is 11.5. The van der Waals surface area contributed by atoms with Crippen LogP contribution in [0.3, 0.4) is 0 Å². The van der Waals surface area contributed by atoms with Gasteiger partial charge in [-0.15, -0.1) is 0 Å². The Labute approximate surface area is 155 Å². The zero-order chi connectivity index (χ0) is 18.4. The van der Waals surface area contributed by atoms with E-state index in [1.807, 2.05) is 0 Å². The van der Waals surface area contributed by atoms with Gasteiger partial charge < -0.3 is 14.8 Å². The van der Waals surface area contributed by atoms with Gasteiger partial charge in [0.05, 0.1) is 23.2 Å². The molecule has 1 atom stereocenters. The van der Waals surface area contributed by atoms with Crippen molar-refractivity contribution in [2.75, 3.05) is 13.7 Å². The lowest BCUT2D eigenvalue weighted by Gasteiger charge is -2.15. The van der Waals surface area contributed by atoms with Crippen molar-refractivity contribution in [1.29, 1.82) is 0 Å². The molecule has 2 aromatic carbocycles. The van der Waals surface area contributed by atoms with Gasteiger partial charge in [-0.05, 0) is 36.8 Å². The third kappa shape index (κ3) is 5.11. The van der Waals surface area contributed by atoms with E-state index in [9.17, 15) is 9.59 Å². The zero-order valence-electron chi connectivity index (χ0n) is 13.7. The molecule has 25 heavy (non-hydrogen) atoms. The lowest BCUT2D eigenvalue weighted by Crippen LogP contribution is -2.31. The molecule has 0 aliphatic heterocycles. The van der Waals surface area contributed by atoms with Gasteiger partial charge in [0.25, 0.3) is 5.91 Å². The number of hydrogen-bond donors (Lipinski definition) is 1. The van der Waals surface area contributed by atoms with Gasteiger partial charge in [0.1, 0.15) is 11.3 Å². The van der Waals surface area contributed by atoms with Gasteiger partial charge in [0.15, 0.2) is 6.61 Å². The maximum atomic E-state index is 12.1. The molecule has 0 aromatic heterocycles. The average molecular weight is 382 g/mol. The van der Waals surface area contributed by atoms with E-state index in [1.54, 1.807) is 49.4 Å². The van der Waals surface area contributed by atoms with Crippen LogP contribution in [0.1, 0.15) is 28.9 Å². The summed E-state index contributed by atoms with van der Waals surface area (Å²) in [7, 11) is 1.46. The largest absolute Gasteiger partial charge is 0.496 e. The van der Waals surface area contributed by atoms with Crippen molar-refractivity contribution < 1.29 is 19.1 Å². The number of rotatable bonds is 6. The van der Waals surface area contributed by atoms with E-state index in [-0.39, 0.29) is 11.6 Å². The molecule has 0 saturated heterocycles. The number of esters is 1. The summed E-state index contributed by atoms with van der Waals surface area (Å²) in [4.78, 5) is 24.0. The van der Waals surface area contributed by atoms with Gasteiger partial charge in [-0.1, -0.05) is 41.4 Å². The summed E-state index contributed by atoms with van der Waals surface area (Å²) in [5.74, 6) is -0.673. The van der Waals surface area contributed by atoms with Crippen molar-refractivity contribution in [2.24, 2.45) is 0 Å². The van der Waals surface area contributed by atoms with Gasteiger partial charge in [-0.3, -0.25) is 4.79 Å². The number of carbonyl (C=O) groups excluding carboxylic acids is 2. The van der Waals surface area contributed by atoms with Crippen LogP contribution in [0.15, 0.2) is 42.5 Å². The molecule has 2 aromatic rings. The zero-order valence-corrected chi connectivity index (χ0v) is 15.2.